The number of benzene rings is 2. The van der Waals surface area contributed by atoms with Crippen molar-refractivity contribution in [2.24, 2.45) is 17.8 Å². The summed E-state index contributed by atoms with van der Waals surface area (Å²) in [7, 11) is 0. The summed E-state index contributed by atoms with van der Waals surface area (Å²) in [5.41, 5.74) is -0.117. The van der Waals surface area contributed by atoms with Crippen LogP contribution in [0.25, 0.3) is 0 Å². The molecule has 1 aliphatic heterocycles. The van der Waals surface area contributed by atoms with E-state index in [1.807, 2.05) is 19.1 Å². The first-order chi connectivity index (χ1) is 15.8. The smallest absolute Gasteiger partial charge is 0.273 e. The molecular weight excluding hydrogens is 426 g/mol. The van der Waals surface area contributed by atoms with Crippen LogP contribution in [-0.2, 0) is 9.59 Å². The molecule has 2 aromatic carbocycles. The lowest BCUT2D eigenvalue weighted by molar-refractivity contribution is -0.384. The first-order valence-corrected chi connectivity index (χ1v) is 10.5. The molecule has 0 unspecified atom stereocenters. The molecule has 1 aliphatic carbocycles. The Bertz CT molecular complexity index is 1180. The molecule has 9 nitrogen and oxygen atoms in total. The Hall–Kier alpha value is -4.14. The lowest BCUT2D eigenvalue weighted by Crippen LogP contribution is -2.52. The molecule has 0 spiro atoms. The number of carbonyl (C=O) groups excluding carboxylic acids is 4. The van der Waals surface area contributed by atoms with Crippen molar-refractivity contribution in [3.8, 4) is 0 Å². The van der Waals surface area contributed by atoms with Crippen LogP contribution < -0.4 is 0 Å². The van der Waals surface area contributed by atoms with Crippen LogP contribution in [0, 0.1) is 27.9 Å². The number of nitro benzene ring substituents is 1. The molecule has 0 saturated carbocycles. The van der Waals surface area contributed by atoms with E-state index >= 15 is 0 Å². The fourth-order valence-corrected chi connectivity index (χ4v) is 4.36. The number of allylic oxidation sites excluding steroid dienone is 2. The highest BCUT2D eigenvalue weighted by molar-refractivity contribution is 6.10. The molecule has 0 N–H and O–H groups in total. The molecule has 2 aromatic rings. The lowest BCUT2D eigenvalue weighted by atomic mass is 9.78. The summed E-state index contributed by atoms with van der Waals surface area (Å²) in [4.78, 5) is 63.4. The lowest BCUT2D eigenvalue weighted by Gasteiger charge is -2.30. The number of carbonyl (C=O) groups is 4. The zero-order chi connectivity index (χ0) is 23.7. The number of Topliss-reactive ketones (excluding diaryl/α,β-unsaturated/α-hetero) is 1. The largest absolute Gasteiger partial charge is 0.292 e. The topological polar surface area (TPSA) is 118 Å². The summed E-state index contributed by atoms with van der Waals surface area (Å²) in [6.07, 6.45) is 4.06. The van der Waals surface area contributed by atoms with Crippen LogP contribution in [0.2, 0.25) is 0 Å². The summed E-state index contributed by atoms with van der Waals surface area (Å²) < 4.78 is 0. The molecule has 1 fully saturated rings. The third kappa shape index (κ3) is 4.05. The van der Waals surface area contributed by atoms with Crippen LogP contribution in [0.1, 0.15) is 34.1 Å². The van der Waals surface area contributed by atoms with Gasteiger partial charge in [-0.2, -0.15) is 5.01 Å². The van der Waals surface area contributed by atoms with E-state index in [1.165, 1.54) is 18.2 Å². The van der Waals surface area contributed by atoms with Crippen LogP contribution in [0.4, 0.5) is 5.69 Å². The zero-order valence-electron chi connectivity index (χ0n) is 17.8. The monoisotopic (exact) mass is 447 g/mol. The Balaban J connectivity index is 1.73. The van der Waals surface area contributed by atoms with Gasteiger partial charge in [-0.3, -0.25) is 29.3 Å². The third-order valence-corrected chi connectivity index (χ3v) is 6.02. The van der Waals surface area contributed by atoms with Crippen LogP contribution in [0.5, 0.6) is 0 Å². The fraction of sp³-hybridized carbons (Fsp3) is 0.250. The molecule has 0 radical (unpaired) electrons. The predicted molar refractivity (Wildman–Crippen MR) is 117 cm³/mol. The van der Waals surface area contributed by atoms with Crippen molar-refractivity contribution >= 4 is 29.2 Å². The molecule has 3 amide bonds. The van der Waals surface area contributed by atoms with Gasteiger partial charge in [-0.15, -0.1) is 0 Å². The average molecular weight is 447 g/mol. The second kappa shape index (κ2) is 8.78. The van der Waals surface area contributed by atoms with Gasteiger partial charge in [0.05, 0.1) is 16.8 Å². The van der Waals surface area contributed by atoms with Gasteiger partial charge < -0.3 is 0 Å². The van der Waals surface area contributed by atoms with Gasteiger partial charge in [-0.05, 0) is 18.4 Å². The first-order valence-electron chi connectivity index (χ1n) is 10.5. The Labute approximate surface area is 189 Å². The number of amides is 3. The molecule has 2 aliphatic rings. The number of non-ortho nitro benzene ring substituents is 1. The number of hydrogen-bond acceptors (Lipinski definition) is 6. The van der Waals surface area contributed by atoms with Gasteiger partial charge in [0, 0.05) is 23.3 Å². The Morgan fingerprint density at radius 2 is 1.76 bits per heavy atom. The van der Waals surface area contributed by atoms with E-state index in [2.05, 4.69) is 0 Å². The Morgan fingerprint density at radius 1 is 1.06 bits per heavy atom. The van der Waals surface area contributed by atoms with E-state index in [9.17, 15) is 29.3 Å². The second-order valence-electron chi connectivity index (χ2n) is 8.10. The number of hydrazine groups is 1. The summed E-state index contributed by atoms with van der Waals surface area (Å²) in [6.45, 7) is 1.26. The fourth-order valence-electron chi connectivity index (χ4n) is 4.36. The van der Waals surface area contributed by atoms with Crippen molar-refractivity contribution in [2.45, 2.75) is 13.3 Å². The maximum Gasteiger partial charge on any atom is 0.273 e. The number of ketones is 1. The SMILES string of the molecule is C[C@@H]1C=CC[C@@H]2C(=O)N(N(CC(=O)c3ccccc3)C(=O)c3cccc([N+](=O)[O-])c3)C(=O)[C@@H]12. The second-order valence-corrected chi connectivity index (χ2v) is 8.10. The summed E-state index contributed by atoms with van der Waals surface area (Å²) in [6, 6.07) is 13.2. The molecule has 9 heteroatoms. The number of nitrogens with zero attached hydrogens (tertiary/aromatic N) is 3. The van der Waals surface area contributed by atoms with Gasteiger partial charge in [0.1, 0.15) is 6.54 Å². The summed E-state index contributed by atoms with van der Waals surface area (Å²) in [5.74, 6) is -3.88. The maximum absolute atomic E-state index is 13.4. The maximum atomic E-state index is 13.4. The van der Waals surface area contributed by atoms with Gasteiger partial charge >= 0.3 is 0 Å². The molecule has 0 aromatic heterocycles. The van der Waals surface area contributed by atoms with E-state index in [0.29, 0.717) is 12.0 Å². The standard InChI is InChI=1S/C24H21N3O6/c1-15-7-5-12-19-21(15)24(31)26(23(19)30)25(14-20(28)16-8-3-2-4-9-16)22(29)17-10-6-11-18(13-17)27(32)33/h2-11,13,15,19,21H,12,14H2,1H3/t15-,19+,21+/m1/s1. The normalized spacial score (nSPS) is 21.6. The van der Waals surface area contributed by atoms with E-state index in [-0.39, 0.29) is 17.2 Å². The van der Waals surface area contributed by atoms with Crippen molar-refractivity contribution in [3.05, 3.63) is 88.0 Å². The minimum Gasteiger partial charge on any atom is -0.292 e. The quantitative estimate of drug-likeness (QED) is 0.221. The molecule has 168 valence electrons. The molecule has 33 heavy (non-hydrogen) atoms. The minimum absolute atomic E-state index is 0.105. The number of fused-ring (bicyclic) bond motifs is 1. The van der Waals surface area contributed by atoms with Crippen molar-refractivity contribution in [1.82, 2.24) is 10.0 Å². The predicted octanol–water partition coefficient (Wildman–Crippen LogP) is 3.03. The van der Waals surface area contributed by atoms with Gasteiger partial charge in [-0.25, -0.2) is 5.01 Å². The van der Waals surface area contributed by atoms with E-state index in [4.69, 9.17) is 0 Å². The van der Waals surface area contributed by atoms with Gasteiger partial charge in [0.25, 0.3) is 23.4 Å². The average Bonchev–Trinajstić information content (AvgIpc) is 3.08. The summed E-state index contributed by atoms with van der Waals surface area (Å²) in [5, 5.41) is 12.8. The summed E-state index contributed by atoms with van der Waals surface area (Å²) >= 11 is 0. The molecule has 1 heterocycles. The molecular formula is C24H21N3O6. The highest BCUT2D eigenvalue weighted by atomic mass is 16.6. The number of hydrogen-bond donors (Lipinski definition) is 0. The number of nitro groups is 1. The number of imide groups is 1. The Kier molecular flexibility index (Phi) is 5.87. The number of rotatable bonds is 6. The molecule has 1 saturated heterocycles. The zero-order valence-corrected chi connectivity index (χ0v) is 17.8. The highest BCUT2D eigenvalue weighted by Gasteiger charge is 2.53. The first kappa shape index (κ1) is 22.1. The van der Waals surface area contributed by atoms with Crippen molar-refractivity contribution in [3.63, 3.8) is 0 Å². The Morgan fingerprint density at radius 3 is 2.42 bits per heavy atom. The van der Waals surface area contributed by atoms with Gasteiger partial charge in [0.15, 0.2) is 5.78 Å². The molecule has 4 rings (SSSR count). The van der Waals surface area contributed by atoms with E-state index in [1.54, 1.807) is 30.3 Å². The minimum atomic E-state index is -0.844. The molecule has 3 atom stereocenters. The van der Waals surface area contributed by atoms with Crippen LogP contribution in [0.3, 0.4) is 0 Å². The van der Waals surface area contributed by atoms with Crippen LogP contribution >= 0.6 is 0 Å². The van der Waals surface area contributed by atoms with E-state index in [0.717, 1.165) is 16.1 Å². The van der Waals surface area contributed by atoms with Gasteiger partial charge in [0.2, 0.25) is 0 Å². The van der Waals surface area contributed by atoms with E-state index < -0.39 is 46.8 Å². The third-order valence-electron chi connectivity index (χ3n) is 6.02. The highest BCUT2D eigenvalue weighted by Crippen LogP contribution is 2.39. The van der Waals surface area contributed by atoms with Crippen molar-refractivity contribution in [2.75, 3.05) is 6.54 Å². The van der Waals surface area contributed by atoms with Crippen molar-refractivity contribution < 1.29 is 24.1 Å². The van der Waals surface area contributed by atoms with Gasteiger partial charge in [-0.1, -0.05) is 55.5 Å². The molecule has 0 bridgehead atoms. The van der Waals surface area contributed by atoms with Crippen LogP contribution in [-0.4, -0.2) is 45.0 Å². The van der Waals surface area contributed by atoms with Crippen LogP contribution in [0.15, 0.2) is 66.7 Å². The van der Waals surface area contributed by atoms with Crippen molar-refractivity contribution in [1.29, 1.82) is 0 Å².